The maximum atomic E-state index is 11.5. The van der Waals surface area contributed by atoms with E-state index in [-0.39, 0.29) is 0 Å². The molecule has 0 bridgehead atoms. The highest BCUT2D eigenvalue weighted by atomic mass is 16.5. The molecule has 1 amide bonds. The molecular formula is C10H14N4O2. The zero-order valence-corrected chi connectivity index (χ0v) is 8.83. The van der Waals surface area contributed by atoms with Crippen molar-refractivity contribution in [3.63, 3.8) is 0 Å². The maximum Gasteiger partial charge on any atom is 0.269 e. The first kappa shape index (κ1) is 9.80. The van der Waals surface area contributed by atoms with Crippen LogP contribution in [0.2, 0.25) is 0 Å². The number of carbonyl (C=O) groups excluding carboxylic acids is 1. The molecule has 1 aliphatic heterocycles. The van der Waals surface area contributed by atoms with Gasteiger partial charge in [0.25, 0.3) is 5.91 Å². The molecule has 6 heteroatoms. The summed E-state index contributed by atoms with van der Waals surface area (Å²) in [4.78, 5) is 11.5. The SMILES string of the molecule is N[C@H]1Cc2cn(C3CCC3)nc2N(O)C1=O. The monoisotopic (exact) mass is 222 g/mol. The largest absolute Gasteiger partial charge is 0.320 e. The van der Waals surface area contributed by atoms with Crippen molar-refractivity contribution < 1.29 is 10.0 Å². The van der Waals surface area contributed by atoms with Gasteiger partial charge in [-0.15, -0.1) is 0 Å². The summed E-state index contributed by atoms with van der Waals surface area (Å²) in [5, 5.41) is 14.5. The summed E-state index contributed by atoms with van der Waals surface area (Å²) in [6, 6.07) is -0.234. The highest BCUT2D eigenvalue weighted by Crippen LogP contribution is 2.34. The van der Waals surface area contributed by atoms with Gasteiger partial charge in [-0.2, -0.15) is 10.2 Å². The van der Waals surface area contributed by atoms with E-state index in [1.807, 2.05) is 10.9 Å². The fourth-order valence-electron chi connectivity index (χ4n) is 2.17. The molecule has 0 unspecified atom stereocenters. The summed E-state index contributed by atoms with van der Waals surface area (Å²) in [6.07, 6.45) is 5.81. The molecule has 86 valence electrons. The number of hydrogen-bond acceptors (Lipinski definition) is 4. The van der Waals surface area contributed by atoms with Gasteiger partial charge in [-0.1, -0.05) is 0 Å². The Kier molecular flexibility index (Phi) is 2.02. The predicted molar refractivity (Wildman–Crippen MR) is 56.1 cm³/mol. The van der Waals surface area contributed by atoms with E-state index in [0.717, 1.165) is 18.4 Å². The van der Waals surface area contributed by atoms with Crippen LogP contribution in [-0.4, -0.2) is 26.9 Å². The topological polar surface area (TPSA) is 84.4 Å². The zero-order valence-electron chi connectivity index (χ0n) is 8.83. The van der Waals surface area contributed by atoms with E-state index in [9.17, 15) is 10.0 Å². The fraction of sp³-hybridized carbons (Fsp3) is 0.600. The Morgan fingerprint density at radius 1 is 1.50 bits per heavy atom. The first-order valence-corrected chi connectivity index (χ1v) is 5.53. The van der Waals surface area contributed by atoms with Crippen LogP contribution >= 0.6 is 0 Å². The fourth-order valence-corrected chi connectivity index (χ4v) is 2.17. The molecule has 2 aliphatic rings. The summed E-state index contributed by atoms with van der Waals surface area (Å²) >= 11 is 0. The lowest BCUT2D eigenvalue weighted by Crippen LogP contribution is -2.47. The maximum absolute atomic E-state index is 11.5. The van der Waals surface area contributed by atoms with Crippen LogP contribution in [0.5, 0.6) is 0 Å². The van der Waals surface area contributed by atoms with E-state index in [1.165, 1.54) is 6.42 Å². The van der Waals surface area contributed by atoms with Crippen molar-refractivity contribution in [3.05, 3.63) is 11.8 Å². The van der Waals surface area contributed by atoms with Crippen LogP contribution in [0.3, 0.4) is 0 Å². The molecule has 0 saturated heterocycles. The highest BCUT2D eigenvalue weighted by Gasteiger charge is 2.33. The first-order chi connectivity index (χ1) is 7.66. The highest BCUT2D eigenvalue weighted by molar-refractivity contribution is 5.97. The van der Waals surface area contributed by atoms with Gasteiger partial charge in [-0.3, -0.25) is 14.7 Å². The third-order valence-electron chi connectivity index (χ3n) is 3.40. The van der Waals surface area contributed by atoms with Crippen molar-refractivity contribution in [2.24, 2.45) is 5.73 Å². The van der Waals surface area contributed by atoms with Gasteiger partial charge in [0.1, 0.15) is 0 Å². The van der Waals surface area contributed by atoms with Crippen LogP contribution in [0, 0.1) is 0 Å². The Morgan fingerprint density at radius 3 is 2.88 bits per heavy atom. The Labute approximate surface area is 92.6 Å². The molecule has 0 aromatic carbocycles. The van der Waals surface area contributed by atoms with Gasteiger partial charge in [0.15, 0.2) is 5.82 Å². The minimum Gasteiger partial charge on any atom is -0.320 e. The molecule has 1 atom stereocenters. The van der Waals surface area contributed by atoms with Crippen LogP contribution in [-0.2, 0) is 11.2 Å². The molecule has 16 heavy (non-hydrogen) atoms. The molecule has 1 aromatic heterocycles. The number of hydrogen-bond donors (Lipinski definition) is 2. The van der Waals surface area contributed by atoms with Crippen molar-refractivity contribution >= 4 is 11.7 Å². The molecule has 3 rings (SSSR count). The molecule has 1 aliphatic carbocycles. The zero-order chi connectivity index (χ0) is 11.3. The van der Waals surface area contributed by atoms with Gasteiger partial charge in [-0.05, 0) is 19.3 Å². The molecule has 2 heterocycles. The van der Waals surface area contributed by atoms with Crippen LogP contribution in [0.4, 0.5) is 5.82 Å². The Hall–Kier alpha value is -1.40. The molecule has 3 N–H and O–H groups in total. The number of aromatic nitrogens is 2. The number of anilines is 1. The summed E-state index contributed by atoms with van der Waals surface area (Å²) in [5.74, 6) is -0.134. The third-order valence-corrected chi connectivity index (χ3v) is 3.40. The summed E-state index contributed by atoms with van der Waals surface area (Å²) in [5.41, 5.74) is 6.48. The van der Waals surface area contributed by atoms with E-state index < -0.39 is 11.9 Å². The summed E-state index contributed by atoms with van der Waals surface area (Å²) < 4.78 is 1.85. The van der Waals surface area contributed by atoms with Crippen LogP contribution < -0.4 is 10.8 Å². The average Bonchev–Trinajstić information content (AvgIpc) is 2.55. The van der Waals surface area contributed by atoms with Crippen molar-refractivity contribution in [1.29, 1.82) is 0 Å². The lowest BCUT2D eigenvalue weighted by Gasteiger charge is -2.25. The second kappa shape index (κ2) is 3.29. The lowest BCUT2D eigenvalue weighted by molar-refractivity contribution is -0.125. The van der Waals surface area contributed by atoms with Crippen LogP contribution in [0.25, 0.3) is 0 Å². The molecule has 0 spiro atoms. The van der Waals surface area contributed by atoms with E-state index in [1.54, 1.807) is 0 Å². The van der Waals surface area contributed by atoms with E-state index in [4.69, 9.17) is 5.73 Å². The smallest absolute Gasteiger partial charge is 0.269 e. The Morgan fingerprint density at radius 2 is 2.25 bits per heavy atom. The number of fused-ring (bicyclic) bond motifs is 1. The molecule has 0 radical (unpaired) electrons. The standard InChI is InChI=1S/C10H14N4O2/c11-8-4-6-5-13(7-2-1-3-7)12-9(6)14(16)10(8)15/h5,7-8,16H,1-4,11H2/t8-/m0/s1. The van der Waals surface area contributed by atoms with E-state index >= 15 is 0 Å². The van der Waals surface area contributed by atoms with Crippen molar-refractivity contribution in [2.45, 2.75) is 37.8 Å². The van der Waals surface area contributed by atoms with Crippen molar-refractivity contribution in [3.8, 4) is 0 Å². The lowest BCUT2D eigenvalue weighted by atomic mass is 9.93. The number of rotatable bonds is 1. The van der Waals surface area contributed by atoms with E-state index in [2.05, 4.69) is 5.10 Å². The Bertz CT molecular complexity index is 438. The minimum atomic E-state index is -0.656. The first-order valence-electron chi connectivity index (χ1n) is 5.53. The number of hydroxylamine groups is 1. The molecular weight excluding hydrogens is 208 g/mol. The third kappa shape index (κ3) is 1.27. The molecule has 1 aromatic rings. The Balaban J connectivity index is 1.96. The number of carbonyl (C=O) groups is 1. The number of amides is 1. The predicted octanol–water partition coefficient (Wildman–Crippen LogP) is 0.214. The molecule has 1 fully saturated rings. The van der Waals surface area contributed by atoms with E-state index in [0.29, 0.717) is 23.3 Å². The van der Waals surface area contributed by atoms with Gasteiger partial charge in [0, 0.05) is 18.2 Å². The summed E-state index contributed by atoms with van der Waals surface area (Å²) in [6.45, 7) is 0. The molecule has 6 nitrogen and oxygen atoms in total. The molecule has 1 saturated carbocycles. The minimum absolute atomic E-state index is 0.346. The van der Waals surface area contributed by atoms with Gasteiger partial charge in [0.2, 0.25) is 0 Å². The van der Waals surface area contributed by atoms with Gasteiger partial charge in [-0.25, -0.2) is 0 Å². The van der Waals surface area contributed by atoms with Crippen LogP contribution in [0.15, 0.2) is 6.20 Å². The number of nitrogens with zero attached hydrogens (tertiary/aromatic N) is 3. The van der Waals surface area contributed by atoms with Crippen molar-refractivity contribution in [2.75, 3.05) is 5.06 Å². The van der Waals surface area contributed by atoms with Crippen molar-refractivity contribution in [1.82, 2.24) is 9.78 Å². The van der Waals surface area contributed by atoms with Gasteiger partial charge < -0.3 is 5.73 Å². The second-order valence-electron chi connectivity index (χ2n) is 4.50. The summed E-state index contributed by atoms with van der Waals surface area (Å²) in [7, 11) is 0. The quantitative estimate of drug-likeness (QED) is 0.665. The average molecular weight is 222 g/mol. The normalized spacial score (nSPS) is 25.5. The van der Waals surface area contributed by atoms with Gasteiger partial charge >= 0.3 is 0 Å². The second-order valence-corrected chi connectivity index (χ2v) is 4.50. The van der Waals surface area contributed by atoms with Gasteiger partial charge in [0.05, 0.1) is 12.1 Å². The van der Waals surface area contributed by atoms with Crippen LogP contribution in [0.1, 0.15) is 30.9 Å². The number of nitrogens with two attached hydrogens (primary N) is 1.